The SMILES string of the molecule is Cc1nn(C(C)(C)C)c(C)c1CN1CCCCC1C(=O)O. The number of nitrogens with zero attached hydrogens (tertiary/aromatic N) is 3. The van der Waals surface area contributed by atoms with E-state index in [4.69, 9.17) is 0 Å². The van der Waals surface area contributed by atoms with Gasteiger partial charge in [0.2, 0.25) is 0 Å². The number of carboxylic acids is 1. The predicted octanol–water partition coefficient (Wildman–Crippen LogP) is 2.69. The normalized spacial score (nSPS) is 20.7. The van der Waals surface area contributed by atoms with Crippen molar-refractivity contribution in [1.82, 2.24) is 14.7 Å². The van der Waals surface area contributed by atoms with Crippen molar-refractivity contribution >= 4 is 5.97 Å². The minimum Gasteiger partial charge on any atom is -0.480 e. The second kappa shape index (κ2) is 5.79. The molecule has 0 aromatic carbocycles. The third-order valence-corrected chi connectivity index (χ3v) is 4.34. The number of aliphatic carboxylic acids is 1. The molecule has 1 aliphatic rings. The number of hydrogen-bond acceptors (Lipinski definition) is 3. The molecule has 2 heterocycles. The Labute approximate surface area is 126 Å². The number of likely N-dealkylation sites (tertiary alicyclic amines) is 1. The Morgan fingerprint density at radius 3 is 2.52 bits per heavy atom. The maximum atomic E-state index is 11.4. The fourth-order valence-corrected chi connectivity index (χ4v) is 3.22. The molecule has 5 heteroatoms. The molecule has 0 radical (unpaired) electrons. The van der Waals surface area contributed by atoms with Crippen molar-refractivity contribution in [3.05, 3.63) is 17.0 Å². The molecule has 1 atom stereocenters. The molecular formula is C16H27N3O2. The van der Waals surface area contributed by atoms with Gasteiger partial charge in [-0.3, -0.25) is 14.4 Å². The highest BCUT2D eigenvalue weighted by Gasteiger charge is 2.30. The van der Waals surface area contributed by atoms with E-state index in [0.29, 0.717) is 6.54 Å². The molecule has 1 fully saturated rings. The van der Waals surface area contributed by atoms with Crippen molar-refractivity contribution in [1.29, 1.82) is 0 Å². The zero-order chi connectivity index (χ0) is 15.8. The maximum Gasteiger partial charge on any atom is 0.320 e. The van der Waals surface area contributed by atoms with Gasteiger partial charge in [-0.1, -0.05) is 6.42 Å². The zero-order valence-electron chi connectivity index (χ0n) is 13.8. The average Bonchev–Trinajstić information content (AvgIpc) is 2.67. The first-order chi connectivity index (χ1) is 9.71. The summed E-state index contributed by atoms with van der Waals surface area (Å²) < 4.78 is 2.05. The summed E-state index contributed by atoms with van der Waals surface area (Å²) in [6.45, 7) is 12.1. The van der Waals surface area contributed by atoms with E-state index in [2.05, 4.69) is 42.4 Å². The molecule has 1 N–H and O–H groups in total. The first-order valence-electron chi connectivity index (χ1n) is 7.74. The first kappa shape index (κ1) is 16.0. The second-order valence-corrected chi connectivity index (χ2v) is 7.05. The average molecular weight is 293 g/mol. The molecule has 0 amide bonds. The van der Waals surface area contributed by atoms with E-state index in [9.17, 15) is 9.90 Å². The quantitative estimate of drug-likeness (QED) is 0.931. The molecule has 21 heavy (non-hydrogen) atoms. The van der Waals surface area contributed by atoms with Crippen LogP contribution in [0.5, 0.6) is 0 Å². The van der Waals surface area contributed by atoms with E-state index in [1.165, 1.54) is 5.56 Å². The summed E-state index contributed by atoms with van der Waals surface area (Å²) in [5.74, 6) is -0.701. The van der Waals surface area contributed by atoms with Crippen LogP contribution in [0.25, 0.3) is 0 Å². The van der Waals surface area contributed by atoms with Gasteiger partial charge in [0.1, 0.15) is 6.04 Å². The summed E-state index contributed by atoms with van der Waals surface area (Å²) in [5, 5.41) is 14.1. The second-order valence-electron chi connectivity index (χ2n) is 7.05. The van der Waals surface area contributed by atoms with Gasteiger partial charge < -0.3 is 5.11 Å². The van der Waals surface area contributed by atoms with Gasteiger partial charge in [-0.25, -0.2) is 0 Å². The lowest BCUT2D eigenvalue weighted by Crippen LogP contribution is -2.44. The minimum absolute atomic E-state index is 0.0544. The van der Waals surface area contributed by atoms with Crippen molar-refractivity contribution in [2.24, 2.45) is 0 Å². The molecule has 1 aliphatic heterocycles. The van der Waals surface area contributed by atoms with E-state index in [0.717, 1.165) is 37.2 Å². The van der Waals surface area contributed by atoms with Crippen LogP contribution in [-0.2, 0) is 16.9 Å². The molecule has 1 aromatic heterocycles. The van der Waals surface area contributed by atoms with E-state index >= 15 is 0 Å². The van der Waals surface area contributed by atoms with Crippen molar-refractivity contribution in [3.8, 4) is 0 Å². The largest absolute Gasteiger partial charge is 0.480 e. The summed E-state index contributed by atoms with van der Waals surface area (Å²) in [4.78, 5) is 13.5. The van der Waals surface area contributed by atoms with E-state index < -0.39 is 5.97 Å². The number of piperidine rings is 1. The Bertz CT molecular complexity index is 528. The molecular weight excluding hydrogens is 266 g/mol. The van der Waals surface area contributed by atoms with Crippen LogP contribution >= 0.6 is 0 Å². The smallest absolute Gasteiger partial charge is 0.320 e. The van der Waals surface area contributed by atoms with Gasteiger partial charge in [-0.15, -0.1) is 0 Å². The van der Waals surface area contributed by atoms with Crippen molar-refractivity contribution in [2.75, 3.05) is 6.54 Å². The fourth-order valence-electron chi connectivity index (χ4n) is 3.22. The molecule has 5 nitrogen and oxygen atoms in total. The number of hydrogen-bond donors (Lipinski definition) is 1. The van der Waals surface area contributed by atoms with Crippen molar-refractivity contribution in [3.63, 3.8) is 0 Å². The van der Waals surface area contributed by atoms with E-state index in [-0.39, 0.29) is 11.6 Å². The Balaban J connectivity index is 2.27. The van der Waals surface area contributed by atoms with Crippen molar-refractivity contribution in [2.45, 2.75) is 72.0 Å². The molecule has 1 saturated heterocycles. The highest BCUT2D eigenvalue weighted by atomic mass is 16.4. The van der Waals surface area contributed by atoms with Crippen LogP contribution in [0.4, 0.5) is 0 Å². The number of aromatic nitrogens is 2. The monoisotopic (exact) mass is 293 g/mol. The zero-order valence-corrected chi connectivity index (χ0v) is 13.8. The van der Waals surface area contributed by atoms with Crippen LogP contribution in [0.3, 0.4) is 0 Å². The Morgan fingerprint density at radius 1 is 1.33 bits per heavy atom. The van der Waals surface area contributed by atoms with Gasteiger partial charge in [0.25, 0.3) is 0 Å². The number of carbonyl (C=O) groups is 1. The van der Waals surface area contributed by atoms with Crippen LogP contribution in [0, 0.1) is 13.8 Å². The standard InChI is InChI=1S/C16H27N3O2/c1-11-13(12(2)19(17-11)16(3,4)5)10-18-9-7-6-8-14(18)15(20)21/h14H,6-10H2,1-5H3,(H,20,21). The van der Waals surface area contributed by atoms with Gasteiger partial charge >= 0.3 is 5.97 Å². The first-order valence-corrected chi connectivity index (χ1v) is 7.74. The number of rotatable bonds is 3. The summed E-state index contributed by atoms with van der Waals surface area (Å²) in [6.07, 6.45) is 2.84. The molecule has 2 rings (SSSR count). The Kier molecular flexibility index (Phi) is 4.42. The summed E-state index contributed by atoms with van der Waals surface area (Å²) in [7, 11) is 0. The summed E-state index contributed by atoms with van der Waals surface area (Å²) in [5.41, 5.74) is 3.28. The van der Waals surface area contributed by atoms with Gasteiger partial charge in [-0.2, -0.15) is 5.10 Å². The highest BCUT2D eigenvalue weighted by molar-refractivity contribution is 5.73. The Morgan fingerprint density at radius 2 is 2.00 bits per heavy atom. The fraction of sp³-hybridized carbons (Fsp3) is 0.750. The van der Waals surface area contributed by atoms with Crippen molar-refractivity contribution < 1.29 is 9.90 Å². The molecule has 0 bridgehead atoms. The van der Waals surface area contributed by atoms with Crippen LogP contribution in [0.2, 0.25) is 0 Å². The van der Waals surface area contributed by atoms with Crippen LogP contribution < -0.4 is 0 Å². The molecule has 118 valence electrons. The van der Waals surface area contributed by atoms with Gasteiger partial charge in [0, 0.05) is 17.8 Å². The van der Waals surface area contributed by atoms with Gasteiger partial charge in [0.15, 0.2) is 0 Å². The molecule has 0 spiro atoms. The third-order valence-electron chi connectivity index (χ3n) is 4.34. The van der Waals surface area contributed by atoms with E-state index in [1.807, 2.05) is 6.92 Å². The molecule has 0 aliphatic carbocycles. The lowest BCUT2D eigenvalue weighted by Gasteiger charge is -2.33. The number of carboxylic acid groups (broad SMARTS) is 1. The molecule has 1 unspecified atom stereocenters. The van der Waals surface area contributed by atoms with Crippen LogP contribution in [0.15, 0.2) is 0 Å². The molecule has 1 aromatic rings. The van der Waals surface area contributed by atoms with E-state index in [1.54, 1.807) is 0 Å². The highest BCUT2D eigenvalue weighted by Crippen LogP contribution is 2.25. The molecule has 0 saturated carbocycles. The van der Waals surface area contributed by atoms with Crippen LogP contribution in [-0.4, -0.2) is 38.3 Å². The summed E-state index contributed by atoms with van der Waals surface area (Å²) in [6, 6.07) is -0.351. The van der Waals surface area contributed by atoms with Crippen LogP contribution in [0.1, 0.15) is 57.0 Å². The summed E-state index contributed by atoms with van der Waals surface area (Å²) >= 11 is 0. The Hall–Kier alpha value is -1.36. The topological polar surface area (TPSA) is 58.4 Å². The predicted molar refractivity (Wildman–Crippen MR) is 82.4 cm³/mol. The van der Waals surface area contributed by atoms with Gasteiger partial charge in [0.05, 0.1) is 11.2 Å². The third kappa shape index (κ3) is 3.28. The van der Waals surface area contributed by atoms with Gasteiger partial charge in [-0.05, 0) is 54.0 Å². The lowest BCUT2D eigenvalue weighted by atomic mass is 10.0. The number of aryl methyl sites for hydroxylation is 1. The minimum atomic E-state index is -0.701. The maximum absolute atomic E-state index is 11.4. The lowest BCUT2D eigenvalue weighted by molar-refractivity contribution is -0.144.